The van der Waals surface area contributed by atoms with Crippen LogP contribution in [0.4, 0.5) is 0 Å². The highest BCUT2D eigenvalue weighted by Gasteiger charge is 2.39. The second-order valence-corrected chi connectivity index (χ2v) is 7.68. The molecule has 3 aliphatic heterocycles. The Labute approximate surface area is 164 Å². The van der Waals surface area contributed by atoms with Crippen LogP contribution < -0.4 is 10.6 Å². The number of piperazine rings is 1. The van der Waals surface area contributed by atoms with Crippen molar-refractivity contribution >= 4 is 17.7 Å². The van der Waals surface area contributed by atoms with Gasteiger partial charge in [-0.05, 0) is 23.6 Å². The fourth-order valence-corrected chi connectivity index (χ4v) is 4.33. The van der Waals surface area contributed by atoms with E-state index in [-0.39, 0.29) is 24.1 Å². The quantitative estimate of drug-likeness (QED) is 0.685. The van der Waals surface area contributed by atoms with Crippen LogP contribution in [0.1, 0.15) is 34.3 Å². The monoisotopic (exact) mass is 386 g/mol. The van der Waals surface area contributed by atoms with Gasteiger partial charge in [-0.2, -0.15) is 0 Å². The lowest BCUT2D eigenvalue weighted by Crippen LogP contribution is -2.52. The Morgan fingerprint density at radius 2 is 2.11 bits per heavy atom. The molecule has 2 N–H and O–H groups in total. The van der Waals surface area contributed by atoms with Gasteiger partial charge < -0.3 is 15.0 Å². The summed E-state index contributed by atoms with van der Waals surface area (Å²) in [5.41, 5.74) is 2.76. The van der Waals surface area contributed by atoms with Gasteiger partial charge in [-0.25, -0.2) is 0 Å². The summed E-state index contributed by atoms with van der Waals surface area (Å²) >= 11 is 0. The Hall–Kier alpha value is -2.29. The summed E-state index contributed by atoms with van der Waals surface area (Å²) in [7, 11) is 1.72. The van der Waals surface area contributed by atoms with Gasteiger partial charge in [-0.3, -0.25) is 24.6 Å². The molecule has 0 bridgehead atoms. The van der Waals surface area contributed by atoms with E-state index < -0.39 is 6.04 Å². The van der Waals surface area contributed by atoms with Crippen LogP contribution in [0.25, 0.3) is 0 Å². The Kier molecular flexibility index (Phi) is 5.43. The molecule has 2 saturated heterocycles. The van der Waals surface area contributed by atoms with Crippen molar-refractivity contribution in [2.24, 2.45) is 0 Å². The number of hydrogen-bond donors (Lipinski definition) is 2. The predicted octanol–water partition coefficient (Wildman–Crippen LogP) is -0.132. The van der Waals surface area contributed by atoms with E-state index in [1.54, 1.807) is 12.0 Å². The maximum absolute atomic E-state index is 12.8. The number of amides is 3. The first-order chi connectivity index (χ1) is 13.6. The Balaban J connectivity index is 1.48. The lowest BCUT2D eigenvalue weighted by molar-refractivity contribution is -0.136. The van der Waals surface area contributed by atoms with Crippen LogP contribution in [0.3, 0.4) is 0 Å². The summed E-state index contributed by atoms with van der Waals surface area (Å²) in [4.78, 5) is 40.3. The summed E-state index contributed by atoms with van der Waals surface area (Å²) in [5.74, 6) is -0.773. The van der Waals surface area contributed by atoms with E-state index in [0.717, 1.165) is 37.3 Å². The van der Waals surface area contributed by atoms with E-state index in [2.05, 4.69) is 21.6 Å². The van der Waals surface area contributed by atoms with Crippen LogP contribution in [-0.2, 0) is 27.4 Å². The second kappa shape index (κ2) is 7.98. The molecule has 2 unspecified atom stereocenters. The highest BCUT2D eigenvalue weighted by atomic mass is 16.5. The van der Waals surface area contributed by atoms with Gasteiger partial charge in [0.05, 0.1) is 6.61 Å². The Morgan fingerprint density at radius 1 is 1.25 bits per heavy atom. The number of rotatable bonds is 5. The van der Waals surface area contributed by atoms with E-state index in [4.69, 9.17) is 4.74 Å². The first-order valence-corrected chi connectivity index (χ1v) is 9.77. The molecule has 2 fully saturated rings. The maximum atomic E-state index is 12.8. The van der Waals surface area contributed by atoms with Gasteiger partial charge in [0.2, 0.25) is 11.8 Å². The number of imide groups is 1. The summed E-state index contributed by atoms with van der Waals surface area (Å²) in [6, 6.07) is 5.70. The van der Waals surface area contributed by atoms with E-state index in [1.807, 2.05) is 12.1 Å². The van der Waals surface area contributed by atoms with Crippen LogP contribution in [0.5, 0.6) is 0 Å². The molecule has 4 rings (SSSR count). The number of nitrogens with one attached hydrogen (secondary N) is 2. The Bertz CT molecular complexity index is 794. The molecule has 8 heteroatoms. The molecule has 2 atom stereocenters. The standard InChI is InChI=1S/C20H26N4O4/c1-28-12-15-9-21-6-7-23(15)10-13-2-3-16-14(8-13)11-24(20(16)27)17-4-5-18(25)22-19(17)26/h2-3,8,15,17,21H,4-7,9-12H2,1H3,(H,22,25,26). The minimum Gasteiger partial charge on any atom is -0.383 e. The van der Waals surface area contributed by atoms with Crippen LogP contribution in [0.15, 0.2) is 18.2 Å². The van der Waals surface area contributed by atoms with E-state index >= 15 is 0 Å². The third kappa shape index (κ3) is 3.67. The molecule has 0 aliphatic carbocycles. The van der Waals surface area contributed by atoms with Crippen molar-refractivity contribution in [3.05, 3.63) is 34.9 Å². The number of piperidine rings is 1. The topological polar surface area (TPSA) is 91.0 Å². The van der Waals surface area contributed by atoms with Crippen molar-refractivity contribution in [1.82, 2.24) is 20.4 Å². The number of hydrogen-bond acceptors (Lipinski definition) is 6. The fourth-order valence-electron chi connectivity index (χ4n) is 4.33. The van der Waals surface area contributed by atoms with Crippen molar-refractivity contribution < 1.29 is 19.1 Å². The van der Waals surface area contributed by atoms with Crippen molar-refractivity contribution in [2.75, 3.05) is 33.4 Å². The normalized spacial score (nSPS) is 25.8. The highest BCUT2D eigenvalue weighted by molar-refractivity contribution is 6.05. The average molecular weight is 386 g/mol. The number of methoxy groups -OCH3 is 1. The highest BCUT2D eigenvalue weighted by Crippen LogP contribution is 2.28. The van der Waals surface area contributed by atoms with Crippen LogP contribution in [-0.4, -0.2) is 73.0 Å². The van der Waals surface area contributed by atoms with E-state index in [1.165, 1.54) is 0 Å². The Morgan fingerprint density at radius 3 is 2.89 bits per heavy atom. The number of fused-ring (bicyclic) bond motifs is 1. The molecule has 1 aromatic carbocycles. The van der Waals surface area contributed by atoms with Gasteiger partial charge in [0.15, 0.2) is 0 Å². The van der Waals surface area contributed by atoms with Gasteiger partial charge in [0.25, 0.3) is 5.91 Å². The molecule has 28 heavy (non-hydrogen) atoms. The molecule has 0 spiro atoms. The molecule has 8 nitrogen and oxygen atoms in total. The van der Waals surface area contributed by atoms with E-state index in [9.17, 15) is 14.4 Å². The second-order valence-electron chi connectivity index (χ2n) is 7.68. The summed E-state index contributed by atoms with van der Waals surface area (Å²) in [6.45, 7) is 4.70. The SMILES string of the molecule is COCC1CNCCN1Cc1ccc2c(c1)CN(C1CCC(=O)NC1=O)C2=O. The zero-order valence-electron chi connectivity index (χ0n) is 16.1. The molecule has 0 radical (unpaired) electrons. The smallest absolute Gasteiger partial charge is 0.255 e. The third-order valence-electron chi connectivity index (χ3n) is 5.80. The largest absolute Gasteiger partial charge is 0.383 e. The zero-order chi connectivity index (χ0) is 19.7. The van der Waals surface area contributed by atoms with Gasteiger partial charge in [-0.1, -0.05) is 12.1 Å². The molecule has 3 aliphatic rings. The summed E-state index contributed by atoms with van der Waals surface area (Å²) in [5, 5.41) is 5.74. The van der Waals surface area contributed by atoms with Crippen molar-refractivity contribution in [2.45, 2.75) is 38.0 Å². The molecule has 150 valence electrons. The molecular formula is C20H26N4O4. The van der Waals surface area contributed by atoms with Gasteiger partial charge in [0, 0.05) is 57.9 Å². The molecular weight excluding hydrogens is 360 g/mol. The molecule has 3 heterocycles. The molecule has 0 aromatic heterocycles. The fraction of sp³-hybridized carbons (Fsp3) is 0.550. The average Bonchev–Trinajstić information content (AvgIpc) is 2.99. The van der Waals surface area contributed by atoms with Crippen molar-refractivity contribution in [3.63, 3.8) is 0 Å². The van der Waals surface area contributed by atoms with Gasteiger partial charge >= 0.3 is 0 Å². The number of nitrogens with zero attached hydrogens (tertiary/aromatic N) is 2. The van der Waals surface area contributed by atoms with E-state index in [0.29, 0.717) is 31.2 Å². The number of carbonyl (C=O) groups excluding carboxylic acids is 3. The van der Waals surface area contributed by atoms with Crippen LogP contribution in [0, 0.1) is 0 Å². The van der Waals surface area contributed by atoms with Crippen molar-refractivity contribution in [3.8, 4) is 0 Å². The summed E-state index contributed by atoms with van der Waals surface area (Å²) < 4.78 is 5.34. The number of benzene rings is 1. The molecule has 0 saturated carbocycles. The lowest BCUT2D eigenvalue weighted by Gasteiger charge is -2.35. The predicted molar refractivity (Wildman–Crippen MR) is 101 cm³/mol. The first-order valence-electron chi connectivity index (χ1n) is 9.77. The van der Waals surface area contributed by atoms with Gasteiger partial charge in [-0.15, -0.1) is 0 Å². The van der Waals surface area contributed by atoms with Crippen LogP contribution in [0.2, 0.25) is 0 Å². The summed E-state index contributed by atoms with van der Waals surface area (Å²) in [6.07, 6.45) is 0.655. The minimum atomic E-state index is -0.569. The number of ether oxygens (including phenoxy) is 1. The third-order valence-corrected chi connectivity index (χ3v) is 5.80. The number of carbonyl (C=O) groups is 3. The minimum absolute atomic E-state index is 0.129. The maximum Gasteiger partial charge on any atom is 0.255 e. The zero-order valence-corrected chi connectivity index (χ0v) is 16.1. The molecule has 1 aromatic rings. The lowest BCUT2D eigenvalue weighted by atomic mass is 10.0. The van der Waals surface area contributed by atoms with Crippen molar-refractivity contribution in [1.29, 1.82) is 0 Å². The molecule has 3 amide bonds. The first kappa shape index (κ1) is 19.0. The van der Waals surface area contributed by atoms with Gasteiger partial charge in [0.1, 0.15) is 6.04 Å². The van der Waals surface area contributed by atoms with Crippen LogP contribution >= 0.6 is 0 Å².